The van der Waals surface area contributed by atoms with Gasteiger partial charge < -0.3 is 9.47 Å². The molecule has 0 saturated carbocycles. The molecule has 0 radical (unpaired) electrons. The van der Waals surface area contributed by atoms with Crippen LogP contribution >= 0.6 is 0 Å². The Morgan fingerprint density at radius 2 is 1.68 bits per heavy atom. The van der Waals surface area contributed by atoms with Crippen molar-refractivity contribution in [2.75, 3.05) is 14.2 Å². The van der Waals surface area contributed by atoms with Gasteiger partial charge in [0.2, 0.25) is 0 Å². The van der Waals surface area contributed by atoms with Crippen LogP contribution in [0.3, 0.4) is 0 Å². The Morgan fingerprint density at radius 3 is 2.11 bits per heavy atom. The number of benzene rings is 1. The van der Waals surface area contributed by atoms with Gasteiger partial charge in [-0.2, -0.15) is 4.40 Å². The molecule has 1 rings (SSSR count). The van der Waals surface area contributed by atoms with E-state index >= 15 is 0 Å². The summed E-state index contributed by atoms with van der Waals surface area (Å²) >= 11 is 0. The fourth-order valence-corrected chi connectivity index (χ4v) is 1.88. The van der Waals surface area contributed by atoms with Gasteiger partial charge in [0, 0.05) is 18.7 Å². The van der Waals surface area contributed by atoms with Crippen molar-refractivity contribution in [3.63, 3.8) is 0 Å². The predicted molar refractivity (Wildman–Crippen MR) is 79.6 cm³/mol. The molecule has 5 heteroatoms. The third-order valence-electron chi connectivity index (χ3n) is 2.43. The number of hydrogen-bond donors (Lipinski definition) is 0. The van der Waals surface area contributed by atoms with Gasteiger partial charge in [-0.25, -0.2) is 4.21 Å². The molecular formula is C14H21NO3S. The predicted octanol–water partition coefficient (Wildman–Crippen LogP) is 2.78. The second kappa shape index (κ2) is 6.70. The Bertz CT molecular complexity index is 456. The zero-order chi connectivity index (χ0) is 14.5. The van der Waals surface area contributed by atoms with Crippen molar-refractivity contribution in [1.29, 1.82) is 0 Å². The smallest absolute Gasteiger partial charge is 0.144 e. The average Bonchev–Trinajstić information content (AvgIpc) is 2.37. The molecule has 1 aromatic rings. The summed E-state index contributed by atoms with van der Waals surface area (Å²) in [6.45, 7) is 5.69. The fraction of sp³-hybridized carbons (Fsp3) is 0.500. The van der Waals surface area contributed by atoms with Crippen LogP contribution in [0.2, 0.25) is 0 Å². The Labute approximate surface area is 117 Å². The van der Waals surface area contributed by atoms with Crippen molar-refractivity contribution in [3.05, 3.63) is 23.8 Å². The Balaban J connectivity index is 2.77. The van der Waals surface area contributed by atoms with Crippen LogP contribution in [0, 0.1) is 0 Å². The third kappa shape index (κ3) is 5.03. The maximum atomic E-state index is 11.8. The summed E-state index contributed by atoms with van der Waals surface area (Å²) in [5, 5.41) is 0. The summed E-state index contributed by atoms with van der Waals surface area (Å²) in [5.74, 6) is 1.47. The summed E-state index contributed by atoms with van der Waals surface area (Å²) in [6.07, 6.45) is 2.27. The van der Waals surface area contributed by atoms with E-state index in [1.54, 1.807) is 20.4 Å². The molecule has 0 heterocycles. The van der Waals surface area contributed by atoms with Crippen molar-refractivity contribution in [2.24, 2.45) is 4.40 Å². The molecule has 4 nitrogen and oxygen atoms in total. The number of methoxy groups -OCH3 is 2. The fourth-order valence-electron chi connectivity index (χ4n) is 1.35. The van der Waals surface area contributed by atoms with Crippen LogP contribution in [0.1, 0.15) is 26.3 Å². The monoisotopic (exact) mass is 283 g/mol. The molecule has 0 saturated heterocycles. The van der Waals surface area contributed by atoms with Crippen LogP contribution in [0.25, 0.3) is 0 Å². The molecule has 19 heavy (non-hydrogen) atoms. The second-order valence-electron chi connectivity index (χ2n) is 5.07. The summed E-state index contributed by atoms with van der Waals surface area (Å²) in [4.78, 5) is 0. The van der Waals surface area contributed by atoms with E-state index in [1.807, 2.05) is 39.0 Å². The minimum atomic E-state index is -1.22. The highest BCUT2D eigenvalue weighted by Crippen LogP contribution is 2.22. The van der Waals surface area contributed by atoms with Crippen LogP contribution in [0.5, 0.6) is 11.5 Å². The van der Waals surface area contributed by atoms with E-state index in [9.17, 15) is 4.21 Å². The minimum Gasteiger partial charge on any atom is -0.497 e. The highest BCUT2D eigenvalue weighted by atomic mass is 32.2. The highest BCUT2D eigenvalue weighted by molar-refractivity contribution is 7.85. The van der Waals surface area contributed by atoms with Crippen molar-refractivity contribution < 1.29 is 13.7 Å². The molecular weight excluding hydrogens is 262 g/mol. The SMILES string of the molecule is COc1cc(C/C=N/[S@@](=O)C(C)(C)C)cc(OC)c1. The molecule has 0 bridgehead atoms. The molecule has 106 valence electrons. The zero-order valence-corrected chi connectivity index (χ0v) is 12.9. The Hall–Kier alpha value is -1.36. The average molecular weight is 283 g/mol. The van der Waals surface area contributed by atoms with Gasteiger partial charge in [0.1, 0.15) is 22.5 Å². The van der Waals surface area contributed by atoms with E-state index in [2.05, 4.69) is 4.40 Å². The molecule has 0 aliphatic heterocycles. The number of hydrogen-bond acceptors (Lipinski definition) is 3. The first-order valence-corrected chi connectivity index (χ1v) is 7.14. The summed E-state index contributed by atoms with van der Waals surface area (Å²) < 4.78 is 25.9. The Kier molecular flexibility index (Phi) is 5.54. The molecule has 0 unspecified atom stereocenters. The van der Waals surface area contributed by atoms with Gasteiger partial charge in [0.25, 0.3) is 0 Å². The minimum absolute atomic E-state index is 0.331. The lowest BCUT2D eigenvalue weighted by Gasteiger charge is -2.12. The van der Waals surface area contributed by atoms with Gasteiger partial charge in [-0.3, -0.25) is 0 Å². The van der Waals surface area contributed by atoms with Crippen LogP contribution in [-0.4, -0.2) is 29.4 Å². The third-order valence-corrected chi connectivity index (χ3v) is 3.82. The lowest BCUT2D eigenvalue weighted by atomic mass is 10.1. The standard InChI is InChI=1S/C14H21NO3S/c1-14(2,3)19(16)15-7-6-11-8-12(17-4)10-13(9-11)18-5/h7-10H,6H2,1-5H3/b15-7+/t19-/m0/s1. The molecule has 0 fully saturated rings. The Morgan fingerprint density at radius 1 is 1.16 bits per heavy atom. The quantitative estimate of drug-likeness (QED) is 0.781. The van der Waals surface area contributed by atoms with Gasteiger partial charge >= 0.3 is 0 Å². The van der Waals surface area contributed by atoms with Crippen molar-refractivity contribution >= 4 is 17.2 Å². The van der Waals surface area contributed by atoms with E-state index in [1.165, 1.54) is 0 Å². The van der Waals surface area contributed by atoms with Crippen LogP contribution in [-0.2, 0) is 17.4 Å². The maximum Gasteiger partial charge on any atom is 0.144 e. The second-order valence-corrected chi connectivity index (χ2v) is 7.01. The molecule has 0 aliphatic carbocycles. The van der Waals surface area contributed by atoms with Crippen molar-refractivity contribution in [2.45, 2.75) is 31.9 Å². The summed E-state index contributed by atoms with van der Waals surface area (Å²) in [5.41, 5.74) is 1.01. The van der Waals surface area contributed by atoms with Crippen LogP contribution in [0.4, 0.5) is 0 Å². The van der Waals surface area contributed by atoms with Gasteiger partial charge in [-0.05, 0) is 38.5 Å². The van der Waals surface area contributed by atoms with E-state index in [4.69, 9.17) is 9.47 Å². The number of nitrogens with zero attached hydrogens (tertiary/aromatic N) is 1. The summed E-state index contributed by atoms with van der Waals surface area (Å²) in [7, 11) is 2.01. The summed E-state index contributed by atoms with van der Waals surface area (Å²) in [6, 6.07) is 5.64. The van der Waals surface area contributed by atoms with Crippen molar-refractivity contribution in [1.82, 2.24) is 0 Å². The first kappa shape index (κ1) is 15.7. The normalized spacial score (nSPS) is 13.5. The molecule has 1 aromatic carbocycles. The van der Waals surface area contributed by atoms with E-state index in [0.717, 1.165) is 17.1 Å². The number of ether oxygens (including phenoxy) is 2. The lowest BCUT2D eigenvalue weighted by molar-refractivity contribution is 0.393. The van der Waals surface area contributed by atoms with Gasteiger partial charge in [-0.1, -0.05) is 0 Å². The molecule has 0 spiro atoms. The molecule has 0 aliphatic rings. The van der Waals surface area contributed by atoms with Gasteiger partial charge in [-0.15, -0.1) is 0 Å². The van der Waals surface area contributed by atoms with E-state index < -0.39 is 11.0 Å². The molecule has 0 aromatic heterocycles. The van der Waals surface area contributed by atoms with Gasteiger partial charge in [0.15, 0.2) is 0 Å². The van der Waals surface area contributed by atoms with Crippen LogP contribution < -0.4 is 9.47 Å². The lowest BCUT2D eigenvalue weighted by Crippen LogP contribution is -2.19. The largest absolute Gasteiger partial charge is 0.497 e. The molecule has 0 amide bonds. The topological polar surface area (TPSA) is 47.9 Å². The molecule has 1 atom stereocenters. The number of rotatable bonds is 5. The van der Waals surface area contributed by atoms with E-state index in [-0.39, 0.29) is 4.75 Å². The van der Waals surface area contributed by atoms with Gasteiger partial charge in [0.05, 0.1) is 19.0 Å². The zero-order valence-electron chi connectivity index (χ0n) is 12.1. The van der Waals surface area contributed by atoms with Crippen LogP contribution in [0.15, 0.2) is 22.6 Å². The molecule has 0 N–H and O–H groups in total. The first-order valence-electron chi connectivity index (χ1n) is 6.03. The highest BCUT2D eigenvalue weighted by Gasteiger charge is 2.17. The first-order chi connectivity index (χ1) is 8.86. The maximum absolute atomic E-state index is 11.8. The van der Waals surface area contributed by atoms with Crippen molar-refractivity contribution in [3.8, 4) is 11.5 Å². The van der Waals surface area contributed by atoms with E-state index in [0.29, 0.717) is 6.42 Å².